The van der Waals surface area contributed by atoms with E-state index in [2.05, 4.69) is 11.9 Å². The van der Waals surface area contributed by atoms with E-state index >= 15 is 0 Å². The lowest BCUT2D eigenvalue weighted by Crippen LogP contribution is -2.14. The molecule has 0 atom stereocenters. The second kappa shape index (κ2) is 10.4. The predicted molar refractivity (Wildman–Crippen MR) is 126 cm³/mol. The molecule has 7 heteroatoms. The van der Waals surface area contributed by atoms with Crippen LogP contribution in [0.5, 0.6) is 17.2 Å². The number of fused-ring (bicyclic) bond motifs is 1. The normalized spacial score (nSPS) is 10.9. The Labute approximate surface area is 191 Å². The SMILES string of the molecule is C=CCOc1ccc2ccccc2c1/C=C(\C#N)C(=O)Nc1cc(OC)c(Cl)cc1OC. The van der Waals surface area contributed by atoms with E-state index in [4.69, 9.17) is 25.8 Å². The van der Waals surface area contributed by atoms with Gasteiger partial charge in [0.25, 0.3) is 5.91 Å². The average molecular weight is 449 g/mol. The Kier molecular flexibility index (Phi) is 7.37. The molecule has 0 spiro atoms. The molecular formula is C25H21ClN2O4. The molecule has 0 aliphatic carbocycles. The van der Waals surface area contributed by atoms with Crippen molar-refractivity contribution in [3.05, 3.63) is 77.3 Å². The number of methoxy groups -OCH3 is 2. The van der Waals surface area contributed by atoms with Crippen LogP contribution in [0.3, 0.4) is 0 Å². The van der Waals surface area contributed by atoms with Gasteiger partial charge in [0.2, 0.25) is 0 Å². The Bertz CT molecular complexity index is 1240. The second-order valence-electron chi connectivity index (χ2n) is 6.61. The first-order chi connectivity index (χ1) is 15.5. The van der Waals surface area contributed by atoms with Gasteiger partial charge in [-0.25, -0.2) is 0 Å². The number of nitrogens with zero attached hydrogens (tertiary/aromatic N) is 1. The summed E-state index contributed by atoms with van der Waals surface area (Å²) >= 11 is 6.13. The van der Waals surface area contributed by atoms with Gasteiger partial charge in [-0.2, -0.15) is 5.26 Å². The maximum Gasteiger partial charge on any atom is 0.266 e. The van der Waals surface area contributed by atoms with E-state index in [1.807, 2.05) is 36.4 Å². The fraction of sp³-hybridized carbons (Fsp3) is 0.120. The molecule has 3 aromatic carbocycles. The molecule has 3 rings (SSSR count). The number of carbonyl (C=O) groups is 1. The van der Waals surface area contributed by atoms with E-state index < -0.39 is 5.91 Å². The van der Waals surface area contributed by atoms with Crippen molar-refractivity contribution in [1.29, 1.82) is 5.26 Å². The van der Waals surface area contributed by atoms with Crippen molar-refractivity contribution in [2.75, 3.05) is 26.1 Å². The van der Waals surface area contributed by atoms with E-state index in [0.717, 1.165) is 10.8 Å². The minimum absolute atomic E-state index is 0.110. The first-order valence-electron chi connectivity index (χ1n) is 9.62. The van der Waals surface area contributed by atoms with Gasteiger partial charge >= 0.3 is 0 Å². The summed E-state index contributed by atoms with van der Waals surface area (Å²) in [5.41, 5.74) is 0.832. The zero-order chi connectivity index (χ0) is 23.1. The molecule has 1 amide bonds. The highest BCUT2D eigenvalue weighted by atomic mass is 35.5. The summed E-state index contributed by atoms with van der Waals surface area (Å²) < 4.78 is 16.3. The fourth-order valence-corrected chi connectivity index (χ4v) is 3.37. The monoisotopic (exact) mass is 448 g/mol. The topological polar surface area (TPSA) is 80.6 Å². The molecule has 6 nitrogen and oxygen atoms in total. The van der Waals surface area contributed by atoms with Gasteiger partial charge in [0.1, 0.15) is 35.5 Å². The number of rotatable bonds is 8. The minimum Gasteiger partial charge on any atom is -0.495 e. The van der Waals surface area contributed by atoms with Crippen molar-refractivity contribution >= 4 is 40.0 Å². The standard InChI is InChI=1S/C25H21ClN2O4/c1-4-11-32-22-10-9-16-7-5-6-8-18(16)19(22)12-17(15-27)25(29)28-21-14-23(30-2)20(26)13-24(21)31-3/h4-10,12-14H,1,11H2,2-3H3,(H,28,29)/b17-12+. The lowest BCUT2D eigenvalue weighted by molar-refractivity contribution is -0.112. The molecule has 0 bridgehead atoms. The van der Waals surface area contributed by atoms with Crippen LogP contribution in [-0.4, -0.2) is 26.7 Å². The molecule has 0 aromatic heterocycles. The third-order valence-electron chi connectivity index (χ3n) is 4.66. The predicted octanol–water partition coefficient (Wildman–Crippen LogP) is 5.62. The quantitative estimate of drug-likeness (QED) is 0.275. The van der Waals surface area contributed by atoms with E-state index in [-0.39, 0.29) is 12.2 Å². The van der Waals surface area contributed by atoms with Crippen molar-refractivity contribution in [2.45, 2.75) is 0 Å². The molecule has 0 radical (unpaired) electrons. The van der Waals surface area contributed by atoms with Crippen LogP contribution in [0, 0.1) is 11.3 Å². The maximum absolute atomic E-state index is 13.0. The second-order valence-corrected chi connectivity index (χ2v) is 7.02. The van der Waals surface area contributed by atoms with Crippen LogP contribution in [0.1, 0.15) is 5.56 Å². The number of hydrogen-bond donors (Lipinski definition) is 1. The summed E-state index contributed by atoms with van der Waals surface area (Å²) in [4.78, 5) is 13.0. The van der Waals surface area contributed by atoms with Gasteiger partial charge in [0.05, 0.1) is 24.9 Å². The smallest absolute Gasteiger partial charge is 0.266 e. The van der Waals surface area contributed by atoms with Crippen LogP contribution in [0.25, 0.3) is 16.8 Å². The van der Waals surface area contributed by atoms with Crippen molar-refractivity contribution in [1.82, 2.24) is 0 Å². The summed E-state index contributed by atoms with van der Waals surface area (Å²) in [5.74, 6) is 0.619. The zero-order valence-electron chi connectivity index (χ0n) is 17.6. The molecule has 0 aliphatic rings. The number of nitrogens with one attached hydrogen (secondary N) is 1. The number of ether oxygens (including phenoxy) is 3. The Hall–Kier alpha value is -3.95. The number of anilines is 1. The third kappa shape index (κ3) is 4.85. The van der Waals surface area contributed by atoms with E-state index in [1.165, 1.54) is 32.4 Å². The molecule has 0 saturated heterocycles. The number of benzene rings is 3. The van der Waals surface area contributed by atoms with Crippen molar-refractivity contribution < 1.29 is 19.0 Å². The van der Waals surface area contributed by atoms with Crippen LogP contribution in [0.2, 0.25) is 5.02 Å². The molecule has 32 heavy (non-hydrogen) atoms. The van der Waals surface area contributed by atoms with Crippen molar-refractivity contribution in [2.24, 2.45) is 0 Å². The molecule has 162 valence electrons. The summed E-state index contributed by atoms with van der Waals surface area (Å²) in [6.07, 6.45) is 3.14. The Morgan fingerprint density at radius 1 is 1.12 bits per heavy atom. The summed E-state index contributed by atoms with van der Waals surface area (Å²) in [5, 5.41) is 14.6. The van der Waals surface area contributed by atoms with Gasteiger partial charge in [0, 0.05) is 17.7 Å². The first-order valence-corrected chi connectivity index (χ1v) is 10.00. The minimum atomic E-state index is -0.613. The Morgan fingerprint density at radius 3 is 2.56 bits per heavy atom. The molecule has 1 N–H and O–H groups in total. The van der Waals surface area contributed by atoms with E-state index in [1.54, 1.807) is 12.1 Å². The number of nitriles is 1. The van der Waals surface area contributed by atoms with Crippen LogP contribution in [0.4, 0.5) is 5.69 Å². The van der Waals surface area contributed by atoms with Gasteiger partial charge in [-0.05, 0) is 22.9 Å². The lowest BCUT2D eigenvalue weighted by Gasteiger charge is -2.14. The molecule has 3 aromatic rings. The molecule has 0 saturated carbocycles. The summed E-state index contributed by atoms with van der Waals surface area (Å²) in [6.45, 7) is 3.95. The van der Waals surface area contributed by atoms with Gasteiger partial charge in [-0.1, -0.05) is 54.6 Å². The summed E-state index contributed by atoms with van der Waals surface area (Å²) in [7, 11) is 2.92. The Balaban J connectivity index is 2.05. The van der Waals surface area contributed by atoms with Crippen LogP contribution in [-0.2, 0) is 4.79 Å². The Morgan fingerprint density at radius 2 is 1.88 bits per heavy atom. The van der Waals surface area contributed by atoms with Gasteiger partial charge in [0.15, 0.2) is 0 Å². The average Bonchev–Trinajstić information content (AvgIpc) is 2.82. The van der Waals surface area contributed by atoms with E-state index in [0.29, 0.717) is 33.5 Å². The molecule has 0 unspecified atom stereocenters. The van der Waals surface area contributed by atoms with E-state index in [9.17, 15) is 10.1 Å². The fourth-order valence-electron chi connectivity index (χ4n) is 3.14. The number of halogens is 1. The van der Waals surface area contributed by atoms with Crippen LogP contribution >= 0.6 is 11.6 Å². The van der Waals surface area contributed by atoms with Crippen molar-refractivity contribution in [3.63, 3.8) is 0 Å². The van der Waals surface area contributed by atoms with Gasteiger partial charge in [-0.3, -0.25) is 4.79 Å². The largest absolute Gasteiger partial charge is 0.495 e. The van der Waals surface area contributed by atoms with Gasteiger partial charge in [-0.15, -0.1) is 0 Å². The highest BCUT2D eigenvalue weighted by Gasteiger charge is 2.17. The van der Waals surface area contributed by atoms with Gasteiger partial charge < -0.3 is 19.5 Å². The van der Waals surface area contributed by atoms with Crippen molar-refractivity contribution in [3.8, 4) is 23.3 Å². The lowest BCUT2D eigenvalue weighted by atomic mass is 10.0. The first kappa shape index (κ1) is 22.7. The third-order valence-corrected chi connectivity index (χ3v) is 4.96. The molecule has 0 aliphatic heterocycles. The maximum atomic E-state index is 13.0. The number of carbonyl (C=O) groups excluding carboxylic acids is 1. The number of hydrogen-bond acceptors (Lipinski definition) is 5. The molecular weight excluding hydrogens is 428 g/mol. The molecule has 0 fully saturated rings. The molecule has 0 heterocycles. The highest BCUT2D eigenvalue weighted by Crippen LogP contribution is 2.36. The highest BCUT2D eigenvalue weighted by molar-refractivity contribution is 6.32. The number of amides is 1. The zero-order valence-corrected chi connectivity index (χ0v) is 18.4. The van der Waals surface area contributed by atoms with Crippen LogP contribution < -0.4 is 19.5 Å². The van der Waals surface area contributed by atoms with Crippen LogP contribution in [0.15, 0.2) is 66.8 Å². The summed E-state index contributed by atoms with van der Waals surface area (Å²) in [6, 6.07) is 16.4.